The van der Waals surface area contributed by atoms with Crippen molar-refractivity contribution < 1.29 is 15.1 Å². The molecule has 0 spiro atoms. The highest BCUT2D eigenvalue weighted by Crippen LogP contribution is 2.28. The maximum Gasteiger partial charge on any atom is 0.294 e. The SMILES string of the molecule is C/C(=N\Nc1ccccc1[N+](=O)[O-])c1c(O)cccc1O. The summed E-state index contributed by atoms with van der Waals surface area (Å²) in [6.45, 7) is 1.57. The quantitative estimate of drug-likeness (QED) is 0.455. The van der Waals surface area contributed by atoms with E-state index >= 15 is 0 Å². The van der Waals surface area contributed by atoms with Crippen molar-refractivity contribution in [1.29, 1.82) is 0 Å². The number of nitrogens with one attached hydrogen (secondary N) is 1. The van der Waals surface area contributed by atoms with Crippen molar-refractivity contribution in [2.24, 2.45) is 5.10 Å². The van der Waals surface area contributed by atoms with Crippen molar-refractivity contribution in [2.45, 2.75) is 6.92 Å². The van der Waals surface area contributed by atoms with Gasteiger partial charge in [-0.3, -0.25) is 15.5 Å². The first-order valence-electron chi connectivity index (χ1n) is 6.05. The third kappa shape index (κ3) is 3.08. The van der Waals surface area contributed by atoms with Gasteiger partial charge in [-0.2, -0.15) is 5.10 Å². The van der Waals surface area contributed by atoms with Gasteiger partial charge in [0.15, 0.2) is 0 Å². The normalized spacial score (nSPS) is 11.2. The number of phenolic OH excluding ortho intramolecular Hbond substituents is 2. The zero-order valence-corrected chi connectivity index (χ0v) is 11.1. The molecule has 108 valence electrons. The molecule has 0 aliphatic heterocycles. The summed E-state index contributed by atoms with van der Waals surface area (Å²) in [5.74, 6) is -0.249. The second kappa shape index (κ2) is 5.91. The molecule has 0 aromatic heterocycles. The number of para-hydroxylation sites is 2. The van der Waals surface area contributed by atoms with Gasteiger partial charge in [0, 0.05) is 6.07 Å². The van der Waals surface area contributed by atoms with Crippen LogP contribution in [-0.2, 0) is 0 Å². The predicted molar refractivity (Wildman–Crippen MR) is 78.7 cm³/mol. The van der Waals surface area contributed by atoms with E-state index in [2.05, 4.69) is 10.5 Å². The molecule has 3 N–H and O–H groups in total. The fraction of sp³-hybridized carbons (Fsp3) is 0.0714. The minimum absolute atomic E-state index is 0.115. The van der Waals surface area contributed by atoms with Crippen molar-refractivity contribution in [3.8, 4) is 11.5 Å². The Labute approximate surface area is 120 Å². The Hall–Kier alpha value is -3.09. The molecule has 0 aliphatic rings. The molecule has 2 aromatic carbocycles. The fourth-order valence-electron chi connectivity index (χ4n) is 1.83. The van der Waals surface area contributed by atoms with E-state index in [-0.39, 0.29) is 28.4 Å². The van der Waals surface area contributed by atoms with Crippen LogP contribution in [0.1, 0.15) is 12.5 Å². The maximum absolute atomic E-state index is 10.9. The first-order chi connectivity index (χ1) is 10.0. The van der Waals surface area contributed by atoms with E-state index in [0.717, 1.165) is 0 Å². The van der Waals surface area contributed by atoms with E-state index in [1.54, 1.807) is 19.1 Å². The number of hydrogen-bond acceptors (Lipinski definition) is 6. The summed E-state index contributed by atoms with van der Waals surface area (Å²) >= 11 is 0. The van der Waals surface area contributed by atoms with E-state index in [1.165, 1.54) is 30.3 Å². The second-order valence-electron chi connectivity index (χ2n) is 4.25. The van der Waals surface area contributed by atoms with Gasteiger partial charge in [-0.1, -0.05) is 18.2 Å². The van der Waals surface area contributed by atoms with Crippen LogP contribution < -0.4 is 5.43 Å². The second-order valence-corrected chi connectivity index (χ2v) is 4.25. The van der Waals surface area contributed by atoms with Gasteiger partial charge in [0.2, 0.25) is 0 Å². The summed E-state index contributed by atoms with van der Waals surface area (Å²) in [6.07, 6.45) is 0. The number of nitrogens with zero attached hydrogens (tertiary/aromatic N) is 2. The summed E-state index contributed by atoms with van der Waals surface area (Å²) in [4.78, 5) is 10.4. The van der Waals surface area contributed by atoms with E-state index in [9.17, 15) is 20.3 Å². The Morgan fingerprint density at radius 1 is 1.14 bits per heavy atom. The lowest BCUT2D eigenvalue weighted by Gasteiger charge is -2.07. The molecular formula is C14H13N3O4. The first kappa shape index (κ1) is 14.3. The van der Waals surface area contributed by atoms with E-state index < -0.39 is 4.92 Å². The van der Waals surface area contributed by atoms with Crippen LogP contribution in [-0.4, -0.2) is 20.8 Å². The number of phenols is 2. The molecule has 2 rings (SSSR count). The third-order valence-electron chi connectivity index (χ3n) is 2.83. The van der Waals surface area contributed by atoms with Crippen LogP contribution >= 0.6 is 0 Å². The Balaban J connectivity index is 2.32. The van der Waals surface area contributed by atoms with Crippen molar-refractivity contribution >= 4 is 17.1 Å². The van der Waals surface area contributed by atoms with Crippen LogP contribution in [0.4, 0.5) is 11.4 Å². The highest BCUT2D eigenvalue weighted by atomic mass is 16.6. The zero-order valence-electron chi connectivity index (χ0n) is 11.1. The molecule has 21 heavy (non-hydrogen) atoms. The van der Waals surface area contributed by atoms with Gasteiger partial charge in [0.25, 0.3) is 5.69 Å². The standard InChI is InChI=1S/C14H13N3O4/c1-9(14-12(18)7-4-8-13(14)19)15-16-10-5-2-3-6-11(10)17(20)21/h2-8,16,18-19H,1H3/b15-9+. The van der Waals surface area contributed by atoms with Gasteiger partial charge < -0.3 is 10.2 Å². The Morgan fingerprint density at radius 2 is 1.76 bits per heavy atom. The van der Waals surface area contributed by atoms with E-state index in [1.807, 2.05) is 0 Å². The molecule has 0 unspecified atom stereocenters. The van der Waals surface area contributed by atoms with Crippen molar-refractivity contribution in [3.63, 3.8) is 0 Å². The first-order valence-corrected chi connectivity index (χ1v) is 6.05. The molecule has 7 nitrogen and oxygen atoms in total. The van der Waals surface area contributed by atoms with Crippen LogP contribution in [0.2, 0.25) is 0 Å². The lowest BCUT2D eigenvalue weighted by molar-refractivity contribution is -0.384. The van der Waals surface area contributed by atoms with Gasteiger partial charge in [-0.15, -0.1) is 0 Å². The number of benzene rings is 2. The summed E-state index contributed by atoms with van der Waals surface area (Å²) in [6, 6.07) is 10.4. The highest BCUT2D eigenvalue weighted by molar-refractivity contribution is 6.03. The summed E-state index contributed by atoms with van der Waals surface area (Å²) in [5, 5.41) is 34.3. The molecule has 0 atom stereocenters. The van der Waals surface area contributed by atoms with Gasteiger partial charge in [0.1, 0.15) is 17.2 Å². The number of nitro benzene ring substituents is 1. The molecule has 7 heteroatoms. The molecule has 0 heterocycles. The number of rotatable bonds is 4. The number of nitro groups is 1. The van der Waals surface area contributed by atoms with E-state index in [4.69, 9.17) is 0 Å². The largest absolute Gasteiger partial charge is 0.507 e. The van der Waals surface area contributed by atoms with Crippen molar-refractivity contribution in [2.75, 3.05) is 5.43 Å². The van der Waals surface area contributed by atoms with Crippen LogP contribution in [0.3, 0.4) is 0 Å². The Kier molecular flexibility index (Phi) is 4.03. The summed E-state index contributed by atoms with van der Waals surface area (Å²) < 4.78 is 0. The molecule has 0 bridgehead atoms. The molecule has 0 fully saturated rings. The molecule has 2 aromatic rings. The van der Waals surface area contributed by atoms with Gasteiger partial charge in [-0.05, 0) is 25.1 Å². The smallest absolute Gasteiger partial charge is 0.294 e. The topological polar surface area (TPSA) is 108 Å². The van der Waals surface area contributed by atoms with Gasteiger partial charge in [-0.25, -0.2) is 0 Å². The lowest BCUT2D eigenvalue weighted by Crippen LogP contribution is -2.02. The predicted octanol–water partition coefficient (Wildman–Crippen LogP) is 2.84. The van der Waals surface area contributed by atoms with Crippen LogP contribution in [0, 0.1) is 10.1 Å². The summed E-state index contributed by atoms with van der Waals surface area (Å²) in [7, 11) is 0. The minimum atomic E-state index is -0.523. The Bertz CT molecular complexity index is 693. The van der Waals surface area contributed by atoms with Crippen LogP contribution in [0.25, 0.3) is 0 Å². The summed E-state index contributed by atoms with van der Waals surface area (Å²) in [5.41, 5.74) is 3.14. The highest BCUT2D eigenvalue weighted by Gasteiger charge is 2.13. The van der Waals surface area contributed by atoms with Crippen LogP contribution in [0.15, 0.2) is 47.6 Å². The fourth-order valence-corrected chi connectivity index (χ4v) is 1.83. The molecule has 0 saturated heterocycles. The average Bonchev–Trinajstić information content (AvgIpc) is 2.45. The van der Waals surface area contributed by atoms with Gasteiger partial charge in [0.05, 0.1) is 16.2 Å². The molecule has 0 aliphatic carbocycles. The number of aromatic hydroxyl groups is 2. The van der Waals surface area contributed by atoms with Crippen molar-refractivity contribution in [1.82, 2.24) is 0 Å². The lowest BCUT2D eigenvalue weighted by atomic mass is 10.1. The number of anilines is 1. The van der Waals surface area contributed by atoms with E-state index in [0.29, 0.717) is 5.71 Å². The third-order valence-corrected chi connectivity index (χ3v) is 2.83. The maximum atomic E-state index is 10.9. The van der Waals surface area contributed by atoms with Gasteiger partial charge >= 0.3 is 0 Å². The van der Waals surface area contributed by atoms with Crippen molar-refractivity contribution in [3.05, 3.63) is 58.1 Å². The number of hydrazone groups is 1. The molecule has 0 radical (unpaired) electrons. The number of hydrogen-bond donors (Lipinski definition) is 3. The molecule has 0 amide bonds. The van der Waals surface area contributed by atoms with Crippen LogP contribution in [0.5, 0.6) is 11.5 Å². The Morgan fingerprint density at radius 3 is 2.38 bits per heavy atom. The average molecular weight is 287 g/mol. The monoisotopic (exact) mass is 287 g/mol. The molecular weight excluding hydrogens is 274 g/mol. The minimum Gasteiger partial charge on any atom is -0.507 e. The zero-order chi connectivity index (χ0) is 15.4. The molecule has 0 saturated carbocycles.